The first kappa shape index (κ1) is 18.3. The molecule has 1 fully saturated rings. The van der Waals surface area contributed by atoms with Crippen LogP contribution in [0.15, 0.2) is 41.8 Å². The molecule has 5 heteroatoms. The first-order valence-electron chi connectivity index (χ1n) is 8.75. The van der Waals surface area contributed by atoms with Gasteiger partial charge in [-0.15, -0.1) is 11.3 Å². The van der Waals surface area contributed by atoms with Gasteiger partial charge in [0.1, 0.15) is 0 Å². The van der Waals surface area contributed by atoms with Crippen molar-refractivity contribution in [3.63, 3.8) is 0 Å². The van der Waals surface area contributed by atoms with E-state index in [1.807, 2.05) is 40.1 Å². The van der Waals surface area contributed by atoms with Crippen LogP contribution >= 0.6 is 23.1 Å². The largest absolute Gasteiger partial charge is 0.324 e. The smallest absolute Gasteiger partial charge is 0.321 e. The van der Waals surface area contributed by atoms with Crippen molar-refractivity contribution in [1.29, 1.82) is 0 Å². The van der Waals surface area contributed by atoms with Crippen LogP contribution in [0.25, 0.3) is 0 Å². The Morgan fingerprint density at radius 3 is 2.56 bits per heavy atom. The molecule has 1 saturated heterocycles. The van der Waals surface area contributed by atoms with E-state index in [0.29, 0.717) is 5.25 Å². The third kappa shape index (κ3) is 4.79. The molecule has 1 aromatic heterocycles. The molecule has 2 aromatic rings. The third-order valence-electron chi connectivity index (χ3n) is 4.49. The molecule has 1 aliphatic heterocycles. The number of nitrogens with one attached hydrogen (secondary N) is 1. The predicted molar refractivity (Wildman–Crippen MR) is 110 cm³/mol. The molecule has 1 N–H and O–H groups in total. The SMILES string of the molecule is CC(C)(C)c1ccc(NC(=O)N2CCSC(c3cccs3)CC2)cc1. The van der Waals surface area contributed by atoms with E-state index in [-0.39, 0.29) is 11.4 Å². The van der Waals surface area contributed by atoms with Gasteiger partial charge >= 0.3 is 6.03 Å². The van der Waals surface area contributed by atoms with Crippen LogP contribution in [0.4, 0.5) is 10.5 Å². The summed E-state index contributed by atoms with van der Waals surface area (Å²) < 4.78 is 0. The summed E-state index contributed by atoms with van der Waals surface area (Å²) in [5.74, 6) is 0.985. The van der Waals surface area contributed by atoms with Crippen LogP contribution in [0, 0.1) is 0 Å². The summed E-state index contributed by atoms with van der Waals surface area (Å²) in [5, 5.41) is 5.70. The lowest BCUT2D eigenvalue weighted by molar-refractivity contribution is 0.215. The Morgan fingerprint density at radius 2 is 1.92 bits per heavy atom. The molecule has 25 heavy (non-hydrogen) atoms. The van der Waals surface area contributed by atoms with Crippen molar-refractivity contribution < 1.29 is 4.79 Å². The maximum absolute atomic E-state index is 12.6. The predicted octanol–water partition coefficient (Wildman–Crippen LogP) is 5.76. The number of amides is 2. The van der Waals surface area contributed by atoms with Gasteiger partial charge in [0.2, 0.25) is 0 Å². The second-order valence-electron chi connectivity index (χ2n) is 7.41. The fourth-order valence-corrected chi connectivity index (χ4v) is 5.17. The van der Waals surface area contributed by atoms with E-state index >= 15 is 0 Å². The highest BCUT2D eigenvalue weighted by Crippen LogP contribution is 2.36. The number of urea groups is 1. The summed E-state index contributed by atoms with van der Waals surface area (Å²) >= 11 is 3.78. The van der Waals surface area contributed by atoms with Gasteiger partial charge in [0.25, 0.3) is 0 Å². The Labute approximate surface area is 158 Å². The molecular formula is C20H26N2OS2. The maximum atomic E-state index is 12.6. The molecule has 2 amide bonds. The first-order chi connectivity index (χ1) is 11.9. The summed E-state index contributed by atoms with van der Waals surface area (Å²) in [6.45, 7) is 8.19. The van der Waals surface area contributed by atoms with E-state index in [1.165, 1.54) is 10.4 Å². The van der Waals surface area contributed by atoms with Crippen LogP contribution in [-0.4, -0.2) is 29.8 Å². The highest BCUT2D eigenvalue weighted by atomic mass is 32.2. The maximum Gasteiger partial charge on any atom is 0.321 e. The van der Waals surface area contributed by atoms with Gasteiger partial charge in [0.15, 0.2) is 0 Å². The summed E-state index contributed by atoms with van der Waals surface area (Å²) in [7, 11) is 0. The van der Waals surface area contributed by atoms with Crippen LogP contribution in [0.2, 0.25) is 0 Å². The molecule has 1 aliphatic rings. The Bertz CT molecular complexity index is 689. The van der Waals surface area contributed by atoms with Crippen LogP contribution in [0.5, 0.6) is 0 Å². The Morgan fingerprint density at radius 1 is 1.16 bits per heavy atom. The van der Waals surface area contributed by atoms with Gasteiger partial charge in [-0.2, -0.15) is 11.8 Å². The molecule has 0 bridgehead atoms. The van der Waals surface area contributed by atoms with E-state index in [2.05, 4.69) is 55.7 Å². The lowest BCUT2D eigenvalue weighted by atomic mass is 9.87. The number of rotatable bonds is 2. The molecule has 0 aliphatic carbocycles. The normalized spacial score (nSPS) is 18.7. The van der Waals surface area contributed by atoms with Crippen molar-refractivity contribution in [1.82, 2.24) is 4.90 Å². The van der Waals surface area contributed by atoms with Gasteiger partial charge in [-0.1, -0.05) is 39.0 Å². The summed E-state index contributed by atoms with van der Waals surface area (Å²) in [6.07, 6.45) is 1.02. The Hall–Kier alpha value is -1.46. The molecule has 1 aromatic carbocycles. The number of carbonyl (C=O) groups excluding carboxylic acids is 1. The molecule has 3 rings (SSSR count). The minimum Gasteiger partial charge on any atom is -0.324 e. The van der Waals surface area contributed by atoms with Gasteiger partial charge in [0.05, 0.1) is 0 Å². The number of carbonyl (C=O) groups is 1. The number of thioether (sulfide) groups is 1. The lowest BCUT2D eigenvalue weighted by Crippen LogP contribution is -2.36. The number of anilines is 1. The van der Waals surface area contributed by atoms with E-state index in [4.69, 9.17) is 0 Å². The molecule has 2 heterocycles. The van der Waals surface area contributed by atoms with Crippen molar-refractivity contribution >= 4 is 34.8 Å². The fourth-order valence-electron chi connectivity index (χ4n) is 2.93. The van der Waals surface area contributed by atoms with Gasteiger partial charge in [-0.05, 0) is 41.0 Å². The van der Waals surface area contributed by atoms with Crippen molar-refractivity contribution in [3.8, 4) is 0 Å². The molecule has 0 radical (unpaired) electrons. The zero-order chi connectivity index (χ0) is 17.9. The number of benzene rings is 1. The number of nitrogens with zero attached hydrogens (tertiary/aromatic N) is 1. The topological polar surface area (TPSA) is 32.3 Å². The van der Waals surface area contributed by atoms with Gasteiger partial charge < -0.3 is 10.2 Å². The second-order valence-corrected chi connectivity index (χ2v) is 9.70. The molecular weight excluding hydrogens is 348 g/mol. The van der Waals surface area contributed by atoms with E-state index in [1.54, 1.807) is 0 Å². The lowest BCUT2D eigenvalue weighted by Gasteiger charge is -2.22. The molecule has 3 nitrogen and oxygen atoms in total. The minimum absolute atomic E-state index is 0.0101. The van der Waals surface area contributed by atoms with Crippen LogP contribution < -0.4 is 5.32 Å². The summed E-state index contributed by atoms with van der Waals surface area (Å²) in [5.41, 5.74) is 2.27. The zero-order valence-corrected chi connectivity index (χ0v) is 16.8. The summed E-state index contributed by atoms with van der Waals surface area (Å²) in [6, 6.07) is 12.5. The summed E-state index contributed by atoms with van der Waals surface area (Å²) in [4.78, 5) is 16.0. The number of thiophene rings is 1. The van der Waals surface area contributed by atoms with E-state index in [9.17, 15) is 4.79 Å². The standard InChI is InChI=1S/C20H26N2OS2/c1-20(2,3)15-6-8-16(9-7-15)21-19(23)22-11-10-18(25-14-12-22)17-5-4-13-24-17/h4-9,13,18H,10-12,14H2,1-3H3,(H,21,23). The van der Waals surface area contributed by atoms with E-state index in [0.717, 1.165) is 31.0 Å². The third-order valence-corrected chi connectivity index (χ3v) is 6.94. The van der Waals surface area contributed by atoms with Crippen molar-refractivity contribution in [2.24, 2.45) is 0 Å². The van der Waals surface area contributed by atoms with Crippen LogP contribution in [-0.2, 0) is 5.41 Å². The van der Waals surface area contributed by atoms with Gasteiger partial charge in [-0.25, -0.2) is 4.79 Å². The van der Waals surface area contributed by atoms with Crippen molar-refractivity contribution in [2.75, 3.05) is 24.2 Å². The monoisotopic (exact) mass is 374 g/mol. The Kier molecular flexibility index (Phi) is 5.74. The van der Waals surface area contributed by atoms with Crippen LogP contribution in [0.3, 0.4) is 0 Å². The quantitative estimate of drug-likeness (QED) is 0.725. The average Bonchev–Trinajstić information content (AvgIpc) is 2.99. The van der Waals surface area contributed by atoms with Crippen molar-refractivity contribution in [3.05, 3.63) is 52.2 Å². The highest BCUT2D eigenvalue weighted by molar-refractivity contribution is 7.99. The molecule has 134 valence electrons. The fraction of sp³-hybridized carbons (Fsp3) is 0.450. The molecule has 0 saturated carbocycles. The zero-order valence-electron chi connectivity index (χ0n) is 15.1. The molecule has 1 unspecified atom stereocenters. The first-order valence-corrected chi connectivity index (χ1v) is 10.7. The number of hydrogen-bond acceptors (Lipinski definition) is 3. The minimum atomic E-state index is 0.0101. The Balaban J connectivity index is 1.58. The van der Waals surface area contributed by atoms with Crippen LogP contribution in [0.1, 0.15) is 42.9 Å². The second kappa shape index (κ2) is 7.83. The molecule has 0 spiro atoms. The van der Waals surface area contributed by atoms with Crippen molar-refractivity contribution in [2.45, 2.75) is 37.9 Å². The van der Waals surface area contributed by atoms with Gasteiger partial charge in [-0.3, -0.25) is 0 Å². The number of hydrogen-bond donors (Lipinski definition) is 1. The van der Waals surface area contributed by atoms with Gasteiger partial charge in [0, 0.05) is 34.7 Å². The highest BCUT2D eigenvalue weighted by Gasteiger charge is 2.22. The van der Waals surface area contributed by atoms with E-state index < -0.39 is 0 Å². The average molecular weight is 375 g/mol. The molecule has 1 atom stereocenters.